The lowest BCUT2D eigenvalue weighted by molar-refractivity contribution is 0.566. The van der Waals surface area contributed by atoms with Gasteiger partial charge in [0.25, 0.3) is 0 Å². The van der Waals surface area contributed by atoms with Gasteiger partial charge in [-0.1, -0.05) is 18.2 Å². The van der Waals surface area contributed by atoms with Crippen molar-refractivity contribution in [3.05, 3.63) is 65.5 Å². The van der Waals surface area contributed by atoms with E-state index in [1.807, 2.05) is 6.07 Å². The molecule has 0 amide bonds. The molecule has 0 saturated heterocycles. The summed E-state index contributed by atoms with van der Waals surface area (Å²) < 4.78 is 39.9. The third-order valence-corrected chi connectivity index (χ3v) is 4.51. The van der Waals surface area contributed by atoms with Crippen LogP contribution in [0.5, 0.6) is 0 Å². The maximum atomic E-state index is 12.9. The Morgan fingerprint density at radius 3 is 2.48 bits per heavy atom. The van der Waals surface area contributed by atoms with Gasteiger partial charge < -0.3 is 0 Å². The first-order valence-electron chi connectivity index (χ1n) is 6.20. The average Bonchev–Trinajstić information content (AvgIpc) is 2.47. The highest BCUT2D eigenvalue weighted by Crippen LogP contribution is 2.18. The van der Waals surface area contributed by atoms with Crippen LogP contribution in [0.1, 0.15) is 24.1 Å². The average molecular weight is 304 g/mol. The highest BCUT2D eigenvalue weighted by atomic mass is 32.2. The maximum Gasteiger partial charge on any atom is 0.241 e. The molecule has 0 aliphatic heterocycles. The van der Waals surface area contributed by atoms with Gasteiger partial charge in [-0.15, -0.1) is 0 Å². The van der Waals surface area contributed by atoms with Gasteiger partial charge in [0.15, 0.2) is 0 Å². The lowest BCUT2D eigenvalue weighted by atomic mass is 10.1. The normalized spacial score (nSPS) is 12.6. The molecule has 1 N–H and O–H groups in total. The zero-order valence-corrected chi connectivity index (χ0v) is 12.1. The monoisotopic (exact) mass is 304 g/mol. The third kappa shape index (κ3) is 3.66. The number of benzene rings is 2. The zero-order chi connectivity index (χ0) is 15.5. The van der Waals surface area contributed by atoms with E-state index in [1.54, 1.807) is 6.92 Å². The van der Waals surface area contributed by atoms with Crippen molar-refractivity contribution in [2.24, 2.45) is 0 Å². The summed E-state index contributed by atoms with van der Waals surface area (Å²) in [5.41, 5.74) is 0.920. The molecule has 0 unspecified atom stereocenters. The van der Waals surface area contributed by atoms with Gasteiger partial charge >= 0.3 is 0 Å². The van der Waals surface area contributed by atoms with E-state index in [1.165, 1.54) is 48.5 Å². The summed E-state index contributed by atoms with van der Waals surface area (Å²) in [4.78, 5) is 0.0236. The molecule has 6 heteroatoms. The highest BCUT2D eigenvalue weighted by molar-refractivity contribution is 7.89. The summed E-state index contributed by atoms with van der Waals surface area (Å²) in [7, 11) is -3.75. The Labute approximate surface area is 122 Å². The molecule has 0 heterocycles. The molecular weight excluding hydrogens is 291 g/mol. The Balaban J connectivity index is 2.24. The Bertz CT molecular complexity index is 780. The lowest BCUT2D eigenvalue weighted by Gasteiger charge is -2.14. The first-order chi connectivity index (χ1) is 9.92. The number of nitrogens with zero attached hydrogens (tertiary/aromatic N) is 1. The minimum Gasteiger partial charge on any atom is -0.207 e. The topological polar surface area (TPSA) is 70.0 Å². The maximum absolute atomic E-state index is 12.9. The molecule has 0 aliphatic rings. The Morgan fingerprint density at radius 1 is 1.19 bits per heavy atom. The van der Waals surface area contributed by atoms with Crippen LogP contribution in [0.2, 0.25) is 0 Å². The molecule has 0 fully saturated rings. The molecule has 0 spiro atoms. The molecule has 108 valence electrons. The fourth-order valence-corrected chi connectivity index (χ4v) is 3.13. The zero-order valence-electron chi connectivity index (χ0n) is 11.2. The van der Waals surface area contributed by atoms with Crippen molar-refractivity contribution < 1.29 is 12.8 Å². The molecular formula is C15H13FN2O2S. The Kier molecular flexibility index (Phi) is 4.36. The van der Waals surface area contributed by atoms with Crippen LogP contribution < -0.4 is 4.72 Å². The highest BCUT2D eigenvalue weighted by Gasteiger charge is 2.18. The number of nitriles is 1. The predicted octanol–water partition coefficient (Wildman–Crippen LogP) is 2.74. The number of nitrogens with one attached hydrogen (secondary N) is 1. The van der Waals surface area contributed by atoms with Crippen LogP contribution in [0.15, 0.2) is 53.4 Å². The van der Waals surface area contributed by atoms with Crippen LogP contribution >= 0.6 is 0 Å². The summed E-state index contributed by atoms with van der Waals surface area (Å²) in [6.07, 6.45) is 0. The van der Waals surface area contributed by atoms with Crippen molar-refractivity contribution in [3.63, 3.8) is 0 Å². The van der Waals surface area contributed by atoms with Crippen LogP contribution in [0.4, 0.5) is 4.39 Å². The van der Waals surface area contributed by atoms with Gasteiger partial charge in [0, 0.05) is 6.04 Å². The smallest absolute Gasteiger partial charge is 0.207 e. The molecule has 0 saturated carbocycles. The summed E-state index contributed by atoms with van der Waals surface area (Å²) >= 11 is 0. The van der Waals surface area contributed by atoms with Crippen LogP contribution in [0.3, 0.4) is 0 Å². The molecule has 1 atom stereocenters. The van der Waals surface area contributed by atoms with Crippen LogP contribution in [-0.2, 0) is 10.0 Å². The molecule has 0 aromatic heterocycles. The van der Waals surface area contributed by atoms with Gasteiger partial charge in [0.05, 0.1) is 16.5 Å². The number of sulfonamides is 1. The van der Waals surface area contributed by atoms with E-state index in [0.29, 0.717) is 5.56 Å². The largest absolute Gasteiger partial charge is 0.241 e. The van der Waals surface area contributed by atoms with E-state index in [0.717, 1.165) is 0 Å². The number of halogens is 1. The Morgan fingerprint density at radius 2 is 1.86 bits per heavy atom. The van der Waals surface area contributed by atoms with Gasteiger partial charge in [-0.05, 0) is 42.8 Å². The molecule has 2 aromatic rings. The molecule has 2 aromatic carbocycles. The van der Waals surface area contributed by atoms with Gasteiger partial charge in [-0.3, -0.25) is 0 Å². The number of hydrogen-bond acceptors (Lipinski definition) is 3. The van der Waals surface area contributed by atoms with Crippen molar-refractivity contribution in [2.45, 2.75) is 17.9 Å². The molecule has 0 bridgehead atoms. The van der Waals surface area contributed by atoms with Crippen LogP contribution in [0.25, 0.3) is 0 Å². The van der Waals surface area contributed by atoms with Crippen molar-refractivity contribution in [1.82, 2.24) is 4.72 Å². The second-order valence-electron chi connectivity index (χ2n) is 4.53. The number of rotatable bonds is 4. The van der Waals surface area contributed by atoms with E-state index in [2.05, 4.69) is 4.72 Å². The van der Waals surface area contributed by atoms with Gasteiger partial charge in [0.1, 0.15) is 5.82 Å². The van der Waals surface area contributed by atoms with E-state index in [9.17, 15) is 12.8 Å². The van der Waals surface area contributed by atoms with Crippen molar-refractivity contribution in [2.75, 3.05) is 0 Å². The Hall–Kier alpha value is -2.23. The molecule has 21 heavy (non-hydrogen) atoms. The number of hydrogen-bond donors (Lipinski definition) is 1. The first-order valence-corrected chi connectivity index (χ1v) is 7.68. The van der Waals surface area contributed by atoms with Gasteiger partial charge in [0.2, 0.25) is 10.0 Å². The van der Waals surface area contributed by atoms with E-state index >= 15 is 0 Å². The van der Waals surface area contributed by atoms with Crippen molar-refractivity contribution in [1.29, 1.82) is 5.26 Å². The molecule has 0 aliphatic carbocycles. The van der Waals surface area contributed by atoms with Crippen LogP contribution in [0, 0.1) is 17.1 Å². The molecule has 4 nitrogen and oxygen atoms in total. The summed E-state index contributed by atoms with van der Waals surface area (Å²) in [6.45, 7) is 1.67. The minimum absolute atomic E-state index is 0.0236. The molecule has 0 radical (unpaired) electrons. The third-order valence-electron chi connectivity index (χ3n) is 2.98. The minimum atomic E-state index is -3.75. The van der Waals surface area contributed by atoms with E-state index < -0.39 is 16.1 Å². The predicted molar refractivity (Wildman–Crippen MR) is 76.3 cm³/mol. The fraction of sp³-hybridized carbons (Fsp3) is 0.133. The SMILES string of the molecule is C[C@@H](NS(=O)(=O)c1cccc(C#N)c1)c1ccc(F)cc1. The van der Waals surface area contributed by atoms with Crippen molar-refractivity contribution in [3.8, 4) is 6.07 Å². The van der Waals surface area contributed by atoms with E-state index in [-0.39, 0.29) is 16.3 Å². The molecule has 2 rings (SSSR count). The first kappa shape index (κ1) is 15.2. The van der Waals surface area contributed by atoms with E-state index in [4.69, 9.17) is 5.26 Å². The van der Waals surface area contributed by atoms with Gasteiger partial charge in [-0.25, -0.2) is 17.5 Å². The van der Waals surface area contributed by atoms with Crippen LogP contribution in [-0.4, -0.2) is 8.42 Å². The lowest BCUT2D eigenvalue weighted by Crippen LogP contribution is -2.26. The summed E-state index contributed by atoms with van der Waals surface area (Å²) in [5.74, 6) is -0.379. The van der Waals surface area contributed by atoms with Gasteiger partial charge in [-0.2, -0.15) is 5.26 Å². The summed E-state index contributed by atoms with van der Waals surface area (Å²) in [6, 6.07) is 12.7. The quantitative estimate of drug-likeness (QED) is 0.944. The summed E-state index contributed by atoms with van der Waals surface area (Å²) in [5, 5.41) is 8.81. The standard InChI is InChI=1S/C15H13FN2O2S/c1-11(13-5-7-14(16)8-6-13)18-21(19,20)15-4-2-3-12(9-15)10-17/h2-9,11,18H,1H3/t11-/m1/s1. The second-order valence-corrected chi connectivity index (χ2v) is 6.25. The second kappa shape index (κ2) is 6.04. The fourth-order valence-electron chi connectivity index (χ4n) is 1.85. The van der Waals surface area contributed by atoms with Crippen molar-refractivity contribution >= 4 is 10.0 Å².